The number of carbonyl (C=O) groups excluding carboxylic acids is 1. The van der Waals surface area contributed by atoms with E-state index in [0.29, 0.717) is 25.3 Å². The van der Waals surface area contributed by atoms with Crippen LogP contribution in [0.15, 0.2) is 18.2 Å². The Morgan fingerprint density at radius 3 is 2.88 bits per heavy atom. The molecule has 1 saturated heterocycles. The first-order valence-corrected chi connectivity index (χ1v) is 8.13. The number of morpholine rings is 1. The molecule has 1 aliphatic rings. The van der Waals surface area contributed by atoms with Crippen LogP contribution in [-0.2, 0) is 9.53 Å². The maximum Gasteiger partial charge on any atom is 0.290 e. The first-order chi connectivity index (χ1) is 11.6. The minimum atomic E-state index is -0.250. The van der Waals surface area contributed by atoms with Gasteiger partial charge in [-0.1, -0.05) is 0 Å². The standard InChI is InChI=1S/C14H18N4O2S.CH2O2/c1-17(2)8-11-9-20-6-5-18(11)14(19)10-3-4-12-13(7-10)16-21-15-12;2-1-3/h3-4,7,11H,5-6,8-9H2,1-2H3;1H,(H,2,3). The molecule has 0 radical (unpaired) electrons. The summed E-state index contributed by atoms with van der Waals surface area (Å²) in [6, 6.07) is 5.59. The van der Waals surface area contributed by atoms with Crippen LogP contribution in [0.4, 0.5) is 0 Å². The Morgan fingerprint density at radius 1 is 1.46 bits per heavy atom. The molecule has 0 bridgehead atoms. The van der Waals surface area contributed by atoms with Crippen molar-refractivity contribution in [3.8, 4) is 0 Å². The molecule has 9 heteroatoms. The summed E-state index contributed by atoms with van der Waals surface area (Å²) >= 11 is 1.17. The molecule has 1 atom stereocenters. The van der Waals surface area contributed by atoms with E-state index in [4.69, 9.17) is 14.6 Å². The number of carboxylic acid groups (broad SMARTS) is 1. The van der Waals surface area contributed by atoms with Crippen molar-refractivity contribution in [2.75, 3.05) is 40.4 Å². The molecule has 1 unspecified atom stereocenters. The van der Waals surface area contributed by atoms with Crippen LogP contribution >= 0.6 is 11.7 Å². The molecule has 0 saturated carbocycles. The Hall–Kier alpha value is -2.10. The van der Waals surface area contributed by atoms with Gasteiger partial charge in [0, 0.05) is 18.7 Å². The van der Waals surface area contributed by atoms with Crippen LogP contribution in [0.2, 0.25) is 0 Å². The molecule has 1 N–H and O–H groups in total. The lowest BCUT2D eigenvalue weighted by Crippen LogP contribution is -2.52. The van der Waals surface area contributed by atoms with Crippen LogP contribution in [0.25, 0.3) is 11.0 Å². The third kappa shape index (κ3) is 4.47. The van der Waals surface area contributed by atoms with Gasteiger partial charge in [-0.15, -0.1) is 0 Å². The maximum absolute atomic E-state index is 12.8. The van der Waals surface area contributed by atoms with E-state index in [1.54, 1.807) is 0 Å². The average Bonchev–Trinajstić information content (AvgIpc) is 3.02. The molecule has 1 fully saturated rings. The number of fused-ring (bicyclic) bond motifs is 1. The Morgan fingerprint density at radius 2 is 2.17 bits per heavy atom. The van der Waals surface area contributed by atoms with Gasteiger partial charge in [-0.3, -0.25) is 9.59 Å². The van der Waals surface area contributed by atoms with Gasteiger partial charge in [0.15, 0.2) is 0 Å². The summed E-state index contributed by atoms with van der Waals surface area (Å²) in [6.45, 7) is 2.36. The average molecular weight is 352 g/mol. The zero-order valence-corrected chi connectivity index (χ0v) is 14.4. The van der Waals surface area contributed by atoms with E-state index in [1.165, 1.54) is 11.7 Å². The lowest BCUT2D eigenvalue weighted by atomic mass is 10.1. The number of rotatable bonds is 3. The topological polar surface area (TPSA) is 95.9 Å². The Kier molecular flexibility index (Phi) is 6.59. The largest absolute Gasteiger partial charge is 0.483 e. The van der Waals surface area contributed by atoms with Gasteiger partial charge in [0.2, 0.25) is 0 Å². The summed E-state index contributed by atoms with van der Waals surface area (Å²) in [4.78, 5) is 25.1. The van der Waals surface area contributed by atoms with Gasteiger partial charge < -0.3 is 19.6 Å². The van der Waals surface area contributed by atoms with E-state index in [1.807, 2.05) is 37.2 Å². The quantitative estimate of drug-likeness (QED) is 0.816. The molecular weight excluding hydrogens is 332 g/mol. The highest BCUT2D eigenvalue weighted by Gasteiger charge is 2.28. The second-order valence-corrected chi connectivity index (χ2v) is 6.09. The highest BCUT2D eigenvalue weighted by atomic mass is 32.1. The van der Waals surface area contributed by atoms with Crippen molar-refractivity contribution in [1.29, 1.82) is 0 Å². The van der Waals surface area contributed by atoms with Crippen LogP contribution in [-0.4, -0.2) is 82.5 Å². The fourth-order valence-electron chi connectivity index (χ4n) is 2.58. The molecule has 0 spiro atoms. The van der Waals surface area contributed by atoms with Crippen LogP contribution in [0, 0.1) is 0 Å². The summed E-state index contributed by atoms with van der Waals surface area (Å²) in [5.74, 6) is 0.0417. The lowest BCUT2D eigenvalue weighted by Gasteiger charge is -2.37. The molecule has 3 rings (SSSR count). The highest BCUT2D eigenvalue weighted by Crippen LogP contribution is 2.18. The molecule has 1 amide bonds. The van der Waals surface area contributed by atoms with Gasteiger partial charge >= 0.3 is 0 Å². The summed E-state index contributed by atoms with van der Waals surface area (Å²) < 4.78 is 13.9. The number of nitrogens with zero attached hydrogens (tertiary/aromatic N) is 4. The number of hydrogen-bond donors (Lipinski definition) is 1. The van der Waals surface area contributed by atoms with Gasteiger partial charge in [0.05, 0.1) is 31.0 Å². The summed E-state index contributed by atoms with van der Waals surface area (Å²) in [5, 5.41) is 6.89. The SMILES string of the molecule is CN(C)CC1COCCN1C(=O)c1ccc2nsnc2c1.O=CO. The van der Waals surface area contributed by atoms with Crippen molar-refractivity contribution in [3.63, 3.8) is 0 Å². The van der Waals surface area contributed by atoms with Crippen LogP contribution in [0.3, 0.4) is 0 Å². The van der Waals surface area contributed by atoms with Crippen molar-refractivity contribution >= 4 is 35.1 Å². The third-order valence-corrected chi connectivity index (χ3v) is 4.12. The van der Waals surface area contributed by atoms with Crippen molar-refractivity contribution in [3.05, 3.63) is 23.8 Å². The van der Waals surface area contributed by atoms with E-state index in [2.05, 4.69) is 13.6 Å². The Bertz CT molecular complexity index is 691. The van der Waals surface area contributed by atoms with Crippen molar-refractivity contribution in [2.24, 2.45) is 0 Å². The van der Waals surface area contributed by atoms with Crippen LogP contribution in [0.5, 0.6) is 0 Å². The number of likely N-dealkylation sites (N-methyl/N-ethyl adjacent to an activating group) is 1. The molecule has 2 aromatic rings. The molecule has 1 aliphatic heterocycles. The predicted molar refractivity (Wildman–Crippen MR) is 90.3 cm³/mol. The molecular formula is C15H20N4O4S. The number of ether oxygens (including phenoxy) is 1. The maximum atomic E-state index is 12.8. The smallest absolute Gasteiger partial charge is 0.290 e. The molecule has 130 valence electrons. The van der Waals surface area contributed by atoms with Gasteiger partial charge in [0.25, 0.3) is 12.4 Å². The second kappa shape index (κ2) is 8.67. The van der Waals surface area contributed by atoms with Crippen LogP contribution < -0.4 is 0 Å². The number of aromatic nitrogens is 2. The fraction of sp³-hybridized carbons (Fsp3) is 0.467. The van der Waals surface area contributed by atoms with Crippen LogP contribution in [0.1, 0.15) is 10.4 Å². The predicted octanol–water partition coefficient (Wildman–Crippen LogP) is 0.795. The number of hydrogen-bond acceptors (Lipinski definition) is 7. The minimum absolute atomic E-state index is 0.0417. The van der Waals surface area contributed by atoms with Gasteiger partial charge in [-0.05, 0) is 32.3 Å². The van der Waals surface area contributed by atoms with Gasteiger partial charge in [-0.25, -0.2) is 0 Å². The van der Waals surface area contributed by atoms with E-state index < -0.39 is 0 Å². The highest BCUT2D eigenvalue weighted by molar-refractivity contribution is 7.00. The number of amides is 1. The van der Waals surface area contributed by atoms with E-state index >= 15 is 0 Å². The molecule has 24 heavy (non-hydrogen) atoms. The zero-order valence-electron chi connectivity index (χ0n) is 13.6. The first kappa shape index (κ1) is 18.2. The van der Waals surface area contributed by atoms with E-state index in [-0.39, 0.29) is 18.4 Å². The summed E-state index contributed by atoms with van der Waals surface area (Å²) in [6.07, 6.45) is 0. The minimum Gasteiger partial charge on any atom is -0.483 e. The summed E-state index contributed by atoms with van der Waals surface area (Å²) in [7, 11) is 4.01. The van der Waals surface area contributed by atoms with Crippen molar-refractivity contribution in [2.45, 2.75) is 6.04 Å². The second-order valence-electron chi connectivity index (χ2n) is 5.56. The fourth-order valence-corrected chi connectivity index (χ4v) is 3.09. The molecule has 0 aliphatic carbocycles. The summed E-state index contributed by atoms with van der Waals surface area (Å²) in [5.41, 5.74) is 2.28. The molecule has 8 nitrogen and oxygen atoms in total. The molecule has 1 aromatic carbocycles. The number of benzene rings is 1. The molecule has 1 aromatic heterocycles. The normalized spacial score (nSPS) is 17.5. The Labute approximate surface area is 144 Å². The monoisotopic (exact) mass is 352 g/mol. The zero-order chi connectivity index (χ0) is 17.5. The third-order valence-electron chi connectivity index (χ3n) is 3.57. The van der Waals surface area contributed by atoms with Gasteiger partial charge in [-0.2, -0.15) is 8.75 Å². The van der Waals surface area contributed by atoms with E-state index in [9.17, 15) is 4.79 Å². The van der Waals surface area contributed by atoms with E-state index in [0.717, 1.165) is 17.6 Å². The first-order valence-electron chi connectivity index (χ1n) is 7.40. The van der Waals surface area contributed by atoms with Crippen molar-refractivity contribution in [1.82, 2.24) is 18.5 Å². The Balaban J connectivity index is 0.000000647. The van der Waals surface area contributed by atoms with Gasteiger partial charge in [0.1, 0.15) is 11.0 Å². The molecule has 2 heterocycles. The van der Waals surface area contributed by atoms with Crippen molar-refractivity contribution < 1.29 is 19.4 Å². The number of carbonyl (C=O) groups is 2. The lowest BCUT2D eigenvalue weighted by molar-refractivity contribution is -0.122.